The molecule has 0 saturated heterocycles. The summed E-state index contributed by atoms with van der Waals surface area (Å²) in [5, 5.41) is 12.4. The van der Waals surface area contributed by atoms with Crippen LogP contribution in [0.3, 0.4) is 0 Å². The summed E-state index contributed by atoms with van der Waals surface area (Å²) in [5.74, 6) is -2.50. The molecule has 0 spiro atoms. The van der Waals surface area contributed by atoms with E-state index in [1.54, 1.807) is 6.92 Å². The Labute approximate surface area is 114 Å². The minimum Gasteiger partial charge on any atom is -0.480 e. The first-order valence-electron chi connectivity index (χ1n) is 6.00. The predicted molar refractivity (Wildman–Crippen MR) is 69.3 cm³/mol. The highest BCUT2D eigenvalue weighted by atomic mass is 32.2. The number of aliphatic carboxylic acids is 1. The maximum Gasteiger partial charge on any atom is 0.324 e. The number of hydrogen-bond acceptors (Lipinski definition) is 3. The first kappa shape index (κ1) is 14.3. The molecule has 0 amide bonds. The number of carboxylic acids is 1. The molecule has 1 atom stereocenters. The van der Waals surface area contributed by atoms with Crippen molar-refractivity contribution in [3.8, 4) is 0 Å². The summed E-state index contributed by atoms with van der Waals surface area (Å²) in [6.45, 7) is 1.61. The summed E-state index contributed by atoms with van der Waals surface area (Å²) in [5.41, 5.74) is -1.06. The van der Waals surface area contributed by atoms with E-state index in [2.05, 4.69) is 5.32 Å². The van der Waals surface area contributed by atoms with Gasteiger partial charge in [0.05, 0.1) is 0 Å². The summed E-state index contributed by atoms with van der Waals surface area (Å²) in [7, 11) is 0. The monoisotopic (exact) mass is 287 g/mol. The lowest BCUT2D eigenvalue weighted by atomic mass is 10.1. The Hall–Kier alpha value is -1.14. The lowest BCUT2D eigenvalue weighted by molar-refractivity contribution is -0.143. The molecule has 19 heavy (non-hydrogen) atoms. The van der Waals surface area contributed by atoms with Crippen LogP contribution in [-0.2, 0) is 4.79 Å². The van der Waals surface area contributed by atoms with E-state index in [0.29, 0.717) is 4.90 Å². The molecule has 1 aromatic carbocycles. The molecule has 0 radical (unpaired) electrons. The van der Waals surface area contributed by atoms with Gasteiger partial charge in [-0.1, -0.05) is 0 Å². The average molecular weight is 287 g/mol. The number of carbonyl (C=O) groups is 1. The van der Waals surface area contributed by atoms with Crippen molar-refractivity contribution < 1.29 is 18.7 Å². The first-order valence-corrected chi connectivity index (χ1v) is 6.98. The lowest BCUT2D eigenvalue weighted by Gasteiger charge is -2.26. The second-order valence-corrected chi connectivity index (χ2v) is 5.97. The molecule has 0 aliphatic heterocycles. The second-order valence-electron chi connectivity index (χ2n) is 4.92. The molecule has 3 nitrogen and oxygen atoms in total. The van der Waals surface area contributed by atoms with E-state index in [1.807, 2.05) is 0 Å². The van der Waals surface area contributed by atoms with Crippen molar-refractivity contribution in [2.45, 2.75) is 36.2 Å². The van der Waals surface area contributed by atoms with Crippen molar-refractivity contribution in [1.29, 1.82) is 0 Å². The zero-order chi connectivity index (χ0) is 14.0. The van der Waals surface area contributed by atoms with Gasteiger partial charge < -0.3 is 5.11 Å². The minimum atomic E-state index is -1.06. The van der Waals surface area contributed by atoms with Crippen LogP contribution in [0.1, 0.15) is 19.8 Å². The van der Waals surface area contributed by atoms with Crippen molar-refractivity contribution in [3.63, 3.8) is 0 Å². The van der Waals surface area contributed by atoms with Gasteiger partial charge in [0.2, 0.25) is 0 Å². The number of carboxylic acid groups (broad SMARTS) is 1. The quantitative estimate of drug-likeness (QED) is 0.790. The molecule has 1 fully saturated rings. The van der Waals surface area contributed by atoms with Crippen LogP contribution in [0.2, 0.25) is 0 Å². The van der Waals surface area contributed by atoms with E-state index in [9.17, 15) is 18.7 Å². The zero-order valence-corrected chi connectivity index (χ0v) is 11.3. The number of halogens is 2. The fraction of sp³-hybridized carbons (Fsp3) is 0.462. The van der Waals surface area contributed by atoms with Gasteiger partial charge in [-0.2, -0.15) is 0 Å². The van der Waals surface area contributed by atoms with E-state index >= 15 is 0 Å². The van der Waals surface area contributed by atoms with Crippen molar-refractivity contribution in [3.05, 3.63) is 29.8 Å². The van der Waals surface area contributed by atoms with Gasteiger partial charge in [0.25, 0.3) is 0 Å². The Balaban J connectivity index is 2.01. The van der Waals surface area contributed by atoms with Crippen LogP contribution < -0.4 is 5.32 Å². The van der Waals surface area contributed by atoms with Gasteiger partial charge in [0.1, 0.15) is 5.54 Å². The Morgan fingerprint density at radius 2 is 2.16 bits per heavy atom. The number of hydrogen-bond donors (Lipinski definition) is 2. The third kappa shape index (κ3) is 3.67. The number of nitrogens with one attached hydrogen (secondary N) is 1. The summed E-state index contributed by atoms with van der Waals surface area (Å²) >= 11 is 1.20. The van der Waals surface area contributed by atoms with E-state index < -0.39 is 23.1 Å². The molecule has 1 aliphatic rings. The molecule has 2 N–H and O–H groups in total. The van der Waals surface area contributed by atoms with Crippen LogP contribution in [0.4, 0.5) is 8.78 Å². The topological polar surface area (TPSA) is 49.3 Å². The normalized spacial score (nSPS) is 18.1. The van der Waals surface area contributed by atoms with Crippen molar-refractivity contribution >= 4 is 17.7 Å². The molecular weight excluding hydrogens is 272 g/mol. The molecule has 1 aliphatic carbocycles. The fourth-order valence-corrected chi connectivity index (χ4v) is 2.65. The van der Waals surface area contributed by atoms with Crippen LogP contribution in [0.5, 0.6) is 0 Å². The van der Waals surface area contributed by atoms with Gasteiger partial charge >= 0.3 is 5.97 Å². The molecule has 6 heteroatoms. The van der Waals surface area contributed by atoms with E-state index in [0.717, 1.165) is 25.0 Å². The fourth-order valence-electron chi connectivity index (χ4n) is 1.64. The van der Waals surface area contributed by atoms with Crippen molar-refractivity contribution in [2.75, 3.05) is 5.75 Å². The molecule has 1 aromatic rings. The van der Waals surface area contributed by atoms with E-state index in [-0.39, 0.29) is 11.8 Å². The van der Waals surface area contributed by atoms with Gasteiger partial charge in [0, 0.05) is 16.7 Å². The maximum absolute atomic E-state index is 13.1. The SMILES string of the molecule is CC(CSc1ccc(F)c(F)c1)(NC1CC1)C(=O)O. The van der Waals surface area contributed by atoms with Crippen LogP contribution in [0.25, 0.3) is 0 Å². The minimum absolute atomic E-state index is 0.254. The van der Waals surface area contributed by atoms with Crippen molar-refractivity contribution in [2.24, 2.45) is 0 Å². The number of benzene rings is 1. The average Bonchev–Trinajstić information content (AvgIpc) is 3.14. The second kappa shape index (κ2) is 5.46. The Kier molecular flexibility index (Phi) is 4.10. The molecule has 104 valence electrons. The Morgan fingerprint density at radius 1 is 1.47 bits per heavy atom. The van der Waals surface area contributed by atoms with E-state index in [4.69, 9.17) is 0 Å². The van der Waals surface area contributed by atoms with E-state index in [1.165, 1.54) is 17.8 Å². The number of thioether (sulfide) groups is 1. The van der Waals surface area contributed by atoms with Gasteiger partial charge in [-0.25, -0.2) is 8.78 Å². The Bertz CT molecular complexity index is 494. The molecular formula is C13H15F2NO2S. The molecule has 0 aromatic heterocycles. The lowest BCUT2D eigenvalue weighted by Crippen LogP contribution is -2.52. The molecule has 2 rings (SSSR count). The van der Waals surface area contributed by atoms with Gasteiger partial charge in [0.15, 0.2) is 11.6 Å². The molecule has 0 heterocycles. The zero-order valence-electron chi connectivity index (χ0n) is 10.5. The van der Waals surface area contributed by atoms with Crippen LogP contribution in [0.15, 0.2) is 23.1 Å². The highest BCUT2D eigenvalue weighted by Gasteiger charge is 2.38. The van der Waals surface area contributed by atoms with Crippen molar-refractivity contribution in [1.82, 2.24) is 5.32 Å². The van der Waals surface area contributed by atoms with Crippen LogP contribution in [-0.4, -0.2) is 28.4 Å². The van der Waals surface area contributed by atoms with Crippen LogP contribution in [0, 0.1) is 11.6 Å². The highest BCUT2D eigenvalue weighted by Crippen LogP contribution is 2.28. The predicted octanol–water partition coefficient (Wildman–Crippen LogP) is 2.65. The van der Waals surface area contributed by atoms with Gasteiger partial charge in [-0.3, -0.25) is 10.1 Å². The third-order valence-corrected chi connectivity index (χ3v) is 4.30. The summed E-state index contributed by atoms with van der Waals surface area (Å²) in [4.78, 5) is 11.8. The molecule has 0 bridgehead atoms. The van der Waals surface area contributed by atoms with Gasteiger partial charge in [-0.05, 0) is 38.0 Å². The molecule has 1 saturated carbocycles. The number of rotatable bonds is 6. The summed E-state index contributed by atoms with van der Waals surface area (Å²) < 4.78 is 25.8. The largest absolute Gasteiger partial charge is 0.480 e. The Morgan fingerprint density at radius 3 is 2.68 bits per heavy atom. The third-order valence-electron chi connectivity index (χ3n) is 2.99. The highest BCUT2D eigenvalue weighted by molar-refractivity contribution is 7.99. The molecule has 1 unspecified atom stereocenters. The van der Waals surface area contributed by atoms with Crippen LogP contribution >= 0.6 is 11.8 Å². The standard InChI is InChI=1S/C13H15F2NO2S/c1-13(12(17)18,16-8-2-3-8)7-19-9-4-5-10(14)11(15)6-9/h4-6,8,16H,2-3,7H2,1H3,(H,17,18). The van der Waals surface area contributed by atoms with Gasteiger partial charge in [-0.15, -0.1) is 11.8 Å². The summed E-state index contributed by atoms with van der Waals surface area (Å²) in [6.07, 6.45) is 1.97. The maximum atomic E-state index is 13.1. The first-order chi connectivity index (χ1) is 8.90. The summed E-state index contributed by atoms with van der Waals surface area (Å²) in [6, 6.07) is 3.83. The smallest absolute Gasteiger partial charge is 0.324 e.